The van der Waals surface area contributed by atoms with Crippen LogP contribution in [0.15, 0.2) is 11.5 Å². The predicted octanol–water partition coefficient (Wildman–Crippen LogP) is 10.0. The zero-order chi connectivity index (χ0) is 45.6. The van der Waals surface area contributed by atoms with Crippen LogP contribution in [0.5, 0.6) is 0 Å². The van der Waals surface area contributed by atoms with E-state index in [0.717, 1.165) is 0 Å². The molecule has 1 aliphatic rings. The van der Waals surface area contributed by atoms with Crippen molar-refractivity contribution in [3.8, 4) is 0 Å². The molecule has 1 rings (SSSR count). The molecule has 0 aromatic rings. The van der Waals surface area contributed by atoms with Crippen molar-refractivity contribution in [2.24, 2.45) is 5.92 Å². The van der Waals surface area contributed by atoms with Gasteiger partial charge < -0.3 is 9.47 Å². The van der Waals surface area contributed by atoms with E-state index < -0.39 is 125 Å². The number of ether oxygens (including phenoxy) is 2. The van der Waals surface area contributed by atoms with Crippen molar-refractivity contribution in [2.75, 3.05) is 6.61 Å². The van der Waals surface area contributed by atoms with Gasteiger partial charge in [-0.25, -0.2) is 9.59 Å². The second-order valence-corrected chi connectivity index (χ2v) is 11.4. The van der Waals surface area contributed by atoms with Crippen molar-refractivity contribution in [3.05, 3.63) is 11.5 Å². The van der Waals surface area contributed by atoms with Crippen LogP contribution >= 0.6 is 11.8 Å². The Bertz CT molecular complexity index is 1510. The number of carbonyl (C=O) groups is 2. The highest BCUT2D eigenvalue weighted by Gasteiger charge is 2.96. The summed E-state index contributed by atoms with van der Waals surface area (Å²) in [4.78, 5) is 23.0. The lowest BCUT2D eigenvalue weighted by atomic mass is 9.91. The molecule has 35 heteroatoms. The summed E-state index contributed by atoms with van der Waals surface area (Å²) in [5, 5.41) is 0.194. The zero-order valence-electron chi connectivity index (χ0n) is 24.4. The standard InChI is InChI=1S/C21H6F30O4S/c22-8(23,10(26,27)12(30,31)14(34,35)16(38,39)18(42,43)20(46,47)48)6(52)54-3-4-1-2-56-5(4)55-7(53)9(24,25)11(28,29)13(32,33)15(36,37)17(40,41)19(44,45)21(49,50)51/h1-2,4-5H,3H2. The van der Waals surface area contributed by atoms with Crippen molar-refractivity contribution in [2.45, 2.75) is 88.9 Å². The Labute approximate surface area is 288 Å². The van der Waals surface area contributed by atoms with E-state index in [1.54, 1.807) is 0 Å². The maximum absolute atomic E-state index is 14.1. The number of thioether (sulfide) groups is 1. The molecule has 0 spiro atoms. The smallest absolute Gasteiger partial charge is 0.460 e. The Balaban J connectivity index is 3.39. The van der Waals surface area contributed by atoms with Gasteiger partial charge in [0.15, 0.2) is 5.44 Å². The topological polar surface area (TPSA) is 52.6 Å². The third kappa shape index (κ3) is 6.87. The quantitative estimate of drug-likeness (QED) is 0.121. The van der Waals surface area contributed by atoms with Crippen molar-refractivity contribution in [1.29, 1.82) is 0 Å². The van der Waals surface area contributed by atoms with Gasteiger partial charge in [0.1, 0.15) is 6.61 Å². The van der Waals surface area contributed by atoms with E-state index >= 15 is 0 Å². The number of carbonyl (C=O) groups excluding carboxylic acids is 2. The molecule has 0 amide bonds. The van der Waals surface area contributed by atoms with Gasteiger partial charge in [0.25, 0.3) is 0 Å². The zero-order valence-corrected chi connectivity index (χ0v) is 25.2. The molecule has 1 aliphatic heterocycles. The summed E-state index contributed by atoms with van der Waals surface area (Å²) in [5.74, 6) is -114. The molecule has 56 heavy (non-hydrogen) atoms. The van der Waals surface area contributed by atoms with Gasteiger partial charge in [-0.2, -0.15) is 132 Å². The first kappa shape index (κ1) is 50.9. The fourth-order valence-corrected chi connectivity index (χ4v) is 4.26. The Morgan fingerprint density at radius 1 is 0.411 bits per heavy atom. The molecule has 0 aromatic heterocycles. The molecule has 0 aliphatic carbocycles. The minimum Gasteiger partial charge on any atom is -0.460 e. The molecule has 0 radical (unpaired) electrons. The van der Waals surface area contributed by atoms with Crippen LogP contribution in [0.4, 0.5) is 132 Å². The Morgan fingerprint density at radius 2 is 0.679 bits per heavy atom. The maximum atomic E-state index is 14.1. The summed E-state index contributed by atoms with van der Waals surface area (Å²) in [6.07, 6.45) is -16.0. The summed E-state index contributed by atoms with van der Waals surface area (Å²) in [5.41, 5.74) is -3.12. The predicted molar refractivity (Wildman–Crippen MR) is 113 cm³/mol. The second-order valence-electron chi connectivity index (χ2n) is 10.4. The lowest BCUT2D eigenvalue weighted by Gasteiger charge is -2.41. The second kappa shape index (κ2) is 13.8. The highest BCUT2D eigenvalue weighted by atomic mass is 32.2. The third-order valence-electron chi connectivity index (χ3n) is 6.69. The van der Waals surface area contributed by atoms with E-state index in [-0.39, 0.29) is 11.5 Å². The van der Waals surface area contributed by atoms with E-state index in [0.29, 0.717) is 0 Å². The van der Waals surface area contributed by atoms with Crippen LogP contribution in [-0.2, 0) is 19.1 Å². The number of hydrogen-bond donors (Lipinski definition) is 0. The third-order valence-corrected chi connectivity index (χ3v) is 7.71. The van der Waals surface area contributed by atoms with Crippen LogP contribution in [0.2, 0.25) is 0 Å². The molecule has 0 saturated carbocycles. The SMILES string of the molecule is O=C(OCC1C=CSC1OC(=O)C(F)(F)C(F)(F)C(F)(F)C(F)(F)C(F)(F)C(F)(F)C(F)(F)F)C(F)(F)C(F)(F)C(F)(F)C(F)(F)C(F)(F)C(F)(F)C(F)(F)F. The number of alkyl halides is 30. The average Bonchev–Trinajstić information content (AvgIpc) is 3.43. The van der Waals surface area contributed by atoms with Crippen molar-refractivity contribution in [1.82, 2.24) is 0 Å². The van der Waals surface area contributed by atoms with Crippen LogP contribution in [0.3, 0.4) is 0 Å². The number of rotatable bonds is 15. The van der Waals surface area contributed by atoms with Crippen LogP contribution in [0, 0.1) is 5.92 Å². The summed E-state index contributed by atoms with van der Waals surface area (Å²) in [7, 11) is 0. The average molecular weight is 924 g/mol. The molecular weight excluding hydrogens is 918 g/mol. The Hall–Kier alpha value is -3.07. The first-order valence-corrected chi connectivity index (χ1v) is 13.3. The molecular formula is C21H6F30O4S. The maximum Gasteiger partial charge on any atom is 0.460 e. The van der Waals surface area contributed by atoms with Crippen LogP contribution in [0.1, 0.15) is 0 Å². The molecule has 1 heterocycles. The minimum atomic E-state index is -8.91. The molecule has 2 atom stereocenters. The largest absolute Gasteiger partial charge is 0.460 e. The van der Waals surface area contributed by atoms with Crippen LogP contribution in [0.25, 0.3) is 0 Å². The van der Waals surface area contributed by atoms with Crippen molar-refractivity contribution < 1.29 is 151 Å². The lowest BCUT2D eigenvalue weighted by Crippen LogP contribution is -2.73. The molecule has 0 aromatic carbocycles. The molecule has 0 N–H and O–H groups in total. The molecule has 0 fully saturated rings. The number of esters is 2. The van der Waals surface area contributed by atoms with Crippen molar-refractivity contribution >= 4 is 23.7 Å². The lowest BCUT2D eigenvalue weighted by molar-refractivity contribution is -0.450. The Morgan fingerprint density at radius 3 is 0.982 bits per heavy atom. The fraction of sp³-hybridized carbons (Fsp3) is 0.810. The fourth-order valence-electron chi connectivity index (χ4n) is 3.30. The normalized spacial score (nSPS) is 19.7. The highest BCUT2D eigenvalue weighted by molar-refractivity contribution is 8.02. The monoisotopic (exact) mass is 924 g/mol. The summed E-state index contributed by atoms with van der Waals surface area (Å²) in [6.45, 7) is -2.49. The summed E-state index contributed by atoms with van der Waals surface area (Å²) in [6, 6.07) is 0. The van der Waals surface area contributed by atoms with Gasteiger partial charge in [-0.05, 0) is 5.41 Å². The van der Waals surface area contributed by atoms with E-state index in [9.17, 15) is 141 Å². The van der Waals surface area contributed by atoms with Crippen molar-refractivity contribution in [3.63, 3.8) is 0 Å². The molecule has 2 unspecified atom stereocenters. The summed E-state index contributed by atoms with van der Waals surface area (Å²) >= 11 is -0.566. The molecule has 4 nitrogen and oxygen atoms in total. The van der Waals surface area contributed by atoms with E-state index in [1.807, 2.05) is 0 Å². The molecule has 0 saturated heterocycles. The van der Waals surface area contributed by atoms with Gasteiger partial charge in [0.05, 0.1) is 5.92 Å². The summed E-state index contributed by atoms with van der Waals surface area (Å²) < 4.78 is 405. The van der Waals surface area contributed by atoms with Gasteiger partial charge in [-0.15, -0.1) is 0 Å². The highest BCUT2D eigenvalue weighted by Crippen LogP contribution is 2.64. The van der Waals surface area contributed by atoms with Crippen LogP contribution < -0.4 is 0 Å². The van der Waals surface area contributed by atoms with E-state index in [2.05, 4.69) is 9.47 Å². The van der Waals surface area contributed by atoms with E-state index in [1.165, 1.54) is 0 Å². The first-order valence-electron chi connectivity index (χ1n) is 12.4. The number of hydrogen-bond acceptors (Lipinski definition) is 5. The van der Waals surface area contributed by atoms with Gasteiger partial charge in [-0.3, -0.25) is 0 Å². The van der Waals surface area contributed by atoms with Gasteiger partial charge in [-0.1, -0.05) is 17.8 Å². The Kier molecular flexibility index (Phi) is 12.5. The molecule has 0 bridgehead atoms. The van der Waals surface area contributed by atoms with E-state index in [4.69, 9.17) is 0 Å². The number of halogens is 30. The van der Waals surface area contributed by atoms with Gasteiger partial charge in [0.2, 0.25) is 0 Å². The van der Waals surface area contributed by atoms with Gasteiger partial charge >= 0.3 is 95.4 Å². The minimum absolute atomic E-state index is 0.0491. The molecule has 330 valence electrons. The van der Waals surface area contributed by atoms with Crippen LogP contribution in [-0.4, -0.2) is 107 Å². The first-order chi connectivity index (χ1) is 24.0. The van der Waals surface area contributed by atoms with Gasteiger partial charge in [0, 0.05) is 0 Å².